The highest BCUT2D eigenvalue weighted by molar-refractivity contribution is 8.00. The smallest absolute Gasteiger partial charge is 0.325 e. The van der Waals surface area contributed by atoms with E-state index in [0.717, 1.165) is 11.8 Å². The summed E-state index contributed by atoms with van der Waals surface area (Å²) >= 11 is 0.898. The third kappa shape index (κ3) is 4.02. The number of hydrogen-bond donors (Lipinski definition) is 3. The Bertz CT molecular complexity index is 756. The lowest BCUT2D eigenvalue weighted by Crippen LogP contribution is -2.28. The number of hydrogen-bond acceptors (Lipinski definition) is 5. The Morgan fingerprint density at radius 1 is 1.33 bits per heavy atom. The summed E-state index contributed by atoms with van der Waals surface area (Å²) in [7, 11) is 0. The summed E-state index contributed by atoms with van der Waals surface area (Å²) in [5.74, 6) is -0.779. The minimum Gasteiger partial charge on any atom is -0.325 e. The van der Waals surface area contributed by atoms with E-state index in [2.05, 4.69) is 15.5 Å². The van der Waals surface area contributed by atoms with Crippen LogP contribution in [-0.4, -0.2) is 26.3 Å². The van der Waals surface area contributed by atoms with Crippen molar-refractivity contribution in [2.75, 3.05) is 5.32 Å². The van der Waals surface area contributed by atoms with E-state index in [0.29, 0.717) is 5.69 Å². The second-order valence-corrected chi connectivity index (χ2v) is 5.40. The number of rotatable bonds is 4. The Morgan fingerprint density at radius 3 is 2.62 bits per heavy atom. The molecule has 1 aromatic heterocycles. The second-order valence-electron chi connectivity index (χ2n) is 4.07. The van der Waals surface area contributed by atoms with Gasteiger partial charge in [-0.3, -0.25) is 14.6 Å². The van der Waals surface area contributed by atoms with E-state index < -0.39 is 22.3 Å². The summed E-state index contributed by atoms with van der Waals surface area (Å²) < 4.78 is 12.8. The molecule has 7 nitrogen and oxygen atoms in total. The predicted octanol–water partition coefficient (Wildman–Crippen LogP) is 0.717. The quantitative estimate of drug-likeness (QED) is 0.721. The summed E-state index contributed by atoms with van der Waals surface area (Å²) in [5, 5.41) is 7.59. The molecule has 110 valence electrons. The van der Waals surface area contributed by atoms with Gasteiger partial charge < -0.3 is 5.32 Å². The molecule has 1 atom stereocenters. The van der Waals surface area contributed by atoms with Crippen LogP contribution in [0.1, 0.15) is 6.92 Å². The van der Waals surface area contributed by atoms with Crippen LogP contribution in [0.4, 0.5) is 10.1 Å². The number of nitrogens with one attached hydrogen (secondary N) is 3. The van der Waals surface area contributed by atoms with E-state index in [1.165, 1.54) is 24.3 Å². The average molecular weight is 310 g/mol. The fourth-order valence-electron chi connectivity index (χ4n) is 1.41. The minimum atomic E-state index is -0.715. The molecular weight excluding hydrogens is 299 g/mol. The van der Waals surface area contributed by atoms with E-state index in [1.807, 2.05) is 4.98 Å². The molecule has 0 aliphatic carbocycles. The van der Waals surface area contributed by atoms with Gasteiger partial charge in [0.05, 0.1) is 5.25 Å². The third-order valence-corrected chi connectivity index (χ3v) is 3.52. The highest BCUT2D eigenvalue weighted by Gasteiger charge is 2.17. The van der Waals surface area contributed by atoms with Crippen molar-refractivity contribution in [3.05, 3.63) is 50.9 Å². The van der Waals surface area contributed by atoms with Gasteiger partial charge in [0.15, 0.2) is 5.03 Å². The highest BCUT2D eigenvalue weighted by Crippen LogP contribution is 2.18. The molecule has 21 heavy (non-hydrogen) atoms. The number of anilines is 1. The summed E-state index contributed by atoms with van der Waals surface area (Å²) in [6, 6.07) is 5.30. The van der Waals surface area contributed by atoms with Crippen LogP contribution in [0.3, 0.4) is 0 Å². The number of nitrogens with zero attached hydrogens (tertiary/aromatic N) is 1. The summed E-state index contributed by atoms with van der Waals surface area (Å²) in [5.41, 5.74) is -0.935. The molecule has 0 aliphatic rings. The van der Waals surface area contributed by atoms with Crippen molar-refractivity contribution in [3.63, 3.8) is 0 Å². The molecule has 0 radical (unpaired) electrons. The molecule has 2 aromatic rings. The van der Waals surface area contributed by atoms with Crippen LogP contribution >= 0.6 is 11.8 Å². The van der Waals surface area contributed by atoms with Crippen molar-refractivity contribution in [1.29, 1.82) is 0 Å². The summed E-state index contributed by atoms with van der Waals surface area (Å²) in [6.07, 6.45) is 0. The van der Waals surface area contributed by atoms with Crippen LogP contribution in [0, 0.1) is 5.82 Å². The van der Waals surface area contributed by atoms with Crippen molar-refractivity contribution < 1.29 is 9.18 Å². The standard InChI is InChI=1S/C12H11FN4O3S/c1-6(21-11-10(19)15-12(20)17-16-11)9(18)14-8-4-2-7(13)3-5-8/h2-6H,1H3,(H,14,18)(H2,15,17,19,20). The fraction of sp³-hybridized carbons (Fsp3) is 0.167. The number of carbonyl (C=O) groups is 1. The normalized spacial score (nSPS) is 11.9. The average Bonchev–Trinajstić information content (AvgIpc) is 2.44. The lowest BCUT2D eigenvalue weighted by molar-refractivity contribution is -0.115. The maximum Gasteiger partial charge on any atom is 0.342 e. The number of thioether (sulfide) groups is 1. The zero-order valence-electron chi connectivity index (χ0n) is 10.8. The van der Waals surface area contributed by atoms with Crippen molar-refractivity contribution in [3.8, 4) is 0 Å². The van der Waals surface area contributed by atoms with Gasteiger partial charge in [-0.15, -0.1) is 0 Å². The first-order valence-electron chi connectivity index (χ1n) is 5.88. The molecule has 1 heterocycles. The van der Waals surface area contributed by atoms with Crippen LogP contribution in [0.25, 0.3) is 0 Å². The maximum atomic E-state index is 12.8. The SMILES string of the molecule is CC(Sc1n[nH]c(=O)[nH]c1=O)C(=O)Nc1ccc(F)cc1. The molecule has 0 aliphatic heterocycles. The molecule has 1 aromatic carbocycles. The van der Waals surface area contributed by atoms with E-state index in [9.17, 15) is 18.8 Å². The van der Waals surface area contributed by atoms with Crippen LogP contribution in [0.2, 0.25) is 0 Å². The molecule has 1 unspecified atom stereocenters. The largest absolute Gasteiger partial charge is 0.342 e. The summed E-state index contributed by atoms with van der Waals surface area (Å²) in [6.45, 7) is 1.58. The van der Waals surface area contributed by atoms with Crippen LogP contribution in [-0.2, 0) is 4.79 Å². The number of amides is 1. The second kappa shape index (κ2) is 6.35. The number of carbonyl (C=O) groups excluding carboxylic acids is 1. The number of aromatic nitrogens is 3. The Labute approximate surface area is 122 Å². The number of H-pyrrole nitrogens is 2. The summed E-state index contributed by atoms with van der Waals surface area (Å²) in [4.78, 5) is 36.3. The van der Waals surface area contributed by atoms with E-state index in [1.54, 1.807) is 6.92 Å². The Hall–Kier alpha value is -2.42. The molecule has 0 fully saturated rings. The lowest BCUT2D eigenvalue weighted by atomic mass is 10.3. The number of aromatic amines is 2. The molecule has 0 saturated carbocycles. The predicted molar refractivity (Wildman–Crippen MR) is 75.8 cm³/mol. The van der Waals surface area contributed by atoms with Gasteiger partial charge in [-0.1, -0.05) is 11.8 Å². The molecule has 2 rings (SSSR count). The Balaban J connectivity index is 2.04. The molecule has 3 N–H and O–H groups in total. The molecule has 0 spiro atoms. The zero-order chi connectivity index (χ0) is 15.4. The van der Waals surface area contributed by atoms with E-state index in [4.69, 9.17) is 0 Å². The van der Waals surface area contributed by atoms with Gasteiger partial charge in [0.25, 0.3) is 5.56 Å². The molecule has 1 amide bonds. The van der Waals surface area contributed by atoms with Gasteiger partial charge in [-0.05, 0) is 31.2 Å². The van der Waals surface area contributed by atoms with Crippen LogP contribution in [0.5, 0.6) is 0 Å². The maximum absolute atomic E-state index is 12.8. The van der Waals surface area contributed by atoms with Gasteiger partial charge in [0.1, 0.15) is 5.82 Å². The molecule has 0 saturated heterocycles. The van der Waals surface area contributed by atoms with Crippen LogP contribution < -0.4 is 16.6 Å². The Morgan fingerprint density at radius 2 is 2.00 bits per heavy atom. The lowest BCUT2D eigenvalue weighted by Gasteiger charge is -2.10. The molecule has 9 heteroatoms. The third-order valence-electron chi connectivity index (χ3n) is 2.45. The zero-order valence-corrected chi connectivity index (χ0v) is 11.7. The van der Waals surface area contributed by atoms with E-state index >= 15 is 0 Å². The number of halogens is 1. The molecule has 0 bridgehead atoms. The van der Waals surface area contributed by atoms with Crippen molar-refractivity contribution in [1.82, 2.24) is 15.2 Å². The number of benzene rings is 1. The highest BCUT2D eigenvalue weighted by atomic mass is 32.2. The first-order chi connectivity index (χ1) is 9.95. The van der Waals surface area contributed by atoms with Crippen LogP contribution in [0.15, 0.2) is 38.9 Å². The van der Waals surface area contributed by atoms with Gasteiger partial charge in [0.2, 0.25) is 5.91 Å². The molecular formula is C12H11FN4O3S. The first kappa shape index (κ1) is 15.0. The van der Waals surface area contributed by atoms with Crippen molar-refractivity contribution in [2.45, 2.75) is 17.2 Å². The van der Waals surface area contributed by atoms with Gasteiger partial charge in [-0.2, -0.15) is 5.10 Å². The first-order valence-corrected chi connectivity index (χ1v) is 6.76. The van der Waals surface area contributed by atoms with Gasteiger partial charge in [0, 0.05) is 5.69 Å². The topological polar surface area (TPSA) is 108 Å². The van der Waals surface area contributed by atoms with Crippen molar-refractivity contribution >= 4 is 23.4 Å². The van der Waals surface area contributed by atoms with Crippen molar-refractivity contribution in [2.24, 2.45) is 0 Å². The fourth-order valence-corrected chi connectivity index (χ4v) is 2.17. The van der Waals surface area contributed by atoms with E-state index in [-0.39, 0.29) is 10.9 Å². The van der Waals surface area contributed by atoms with Gasteiger partial charge in [-0.25, -0.2) is 14.3 Å². The Kier molecular flexibility index (Phi) is 4.53. The van der Waals surface area contributed by atoms with Gasteiger partial charge >= 0.3 is 5.69 Å². The minimum absolute atomic E-state index is 0.0173. The monoisotopic (exact) mass is 310 g/mol.